The number of carboxylic acids is 1. The predicted octanol–water partition coefficient (Wildman–Crippen LogP) is 1.97. The van der Waals surface area contributed by atoms with Crippen LogP contribution in [0.5, 0.6) is 0 Å². The van der Waals surface area contributed by atoms with Crippen LogP contribution in [-0.4, -0.2) is 52.5 Å². The molecule has 0 bridgehead atoms. The fourth-order valence-electron chi connectivity index (χ4n) is 3.43. The minimum atomic E-state index is -0.904. The van der Waals surface area contributed by atoms with Crippen LogP contribution >= 0.6 is 0 Å². The monoisotopic (exact) mass is 302 g/mol. The Labute approximate surface area is 130 Å². The summed E-state index contributed by atoms with van der Waals surface area (Å²) in [5, 5.41) is 9.22. The average molecular weight is 302 g/mol. The third-order valence-electron chi connectivity index (χ3n) is 4.58. The van der Waals surface area contributed by atoms with Gasteiger partial charge in [-0.15, -0.1) is 0 Å². The molecular weight excluding hydrogens is 280 g/mol. The number of likely N-dealkylation sites (tertiary alicyclic amines) is 2. The van der Waals surface area contributed by atoms with Crippen molar-refractivity contribution in [3.8, 4) is 0 Å². The Balaban J connectivity index is 1.73. The quantitative estimate of drug-likeness (QED) is 0.924. The maximum absolute atomic E-state index is 12.6. The molecule has 1 aromatic carbocycles. The second-order valence-electron chi connectivity index (χ2n) is 6.18. The molecule has 1 aromatic rings. The van der Waals surface area contributed by atoms with E-state index in [9.17, 15) is 14.7 Å². The molecule has 5 nitrogen and oxygen atoms in total. The lowest BCUT2D eigenvalue weighted by Crippen LogP contribution is -2.40. The average Bonchev–Trinajstić information content (AvgIpc) is 3.17. The summed E-state index contributed by atoms with van der Waals surface area (Å²) in [7, 11) is 0. The van der Waals surface area contributed by atoms with Gasteiger partial charge in [-0.3, -0.25) is 9.69 Å². The molecular formula is C17H22N2O3. The summed E-state index contributed by atoms with van der Waals surface area (Å²) in [6, 6.07) is 6.96. The van der Waals surface area contributed by atoms with Gasteiger partial charge in [0.25, 0.3) is 5.91 Å². The predicted molar refractivity (Wildman–Crippen MR) is 82.6 cm³/mol. The van der Waals surface area contributed by atoms with Crippen LogP contribution in [0.2, 0.25) is 0 Å². The Morgan fingerprint density at radius 2 is 1.91 bits per heavy atom. The molecule has 1 unspecified atom stereocenters. The molecule has 2 heterocycles. The lowest BCUT2D eigenvalue weighted by Gasteiger charge is -2.22. The minimum absolute atomic E-state index is 0.159. The molecule has 0 radical (unpaired) electrons. The second-order valence-corrected chi connectivity index (χ2v) is 6.18. The molecule has 0 aliphatic carbocycles. The van der Waals surface area contributed by atoms with E-state index in [0.717, 1.165) is 31.6 Å². The molecule has 2 saturated heterocycles. The lowest BCUT2D eigenvalue weighted by atomic mass is 10.1. The van der Waals surface area contributed by atoms with Crippen molar-refractivity contribution >= 4 is 11.9 Å². The molecule has 22 heavy (non-hydrogen) atoms. The van der Waals surface area contributed by atoms with E-state index in [1.54, 1.807) is 6.07 Å². The highest BCUT2D eigenvalue weighted by Crippen LogP contribution is 2.21. The van der Waals surface area contributed by atoms with Crippen LogP contribution in [0.4, 0.5) is 0 Å². The number of carboxylic acid groups (broad SMARTS) is 1. The first-order valence-corrected chi connectivity index (χ1v) is 8.00. The Morgan fingerprint density at radius 3 is 2.64 bits per heavy atom. The van der Waals surface area contributed by atoms with Crippen LogP contribution in [0.3, 0.4) is 0 Å². The maximum Gasteiger partial charge on any atom is 0.326 e. The molecule has 3 rings (SSSR count). The van der Waals surface area contributed by atoms with Gasteiger partial charge in [-0.05, 0) is 56.5 Å². The molecule has 1 amide bonds. The van der Waals surface area contributed by atoms with Gasteiger partial charge >= 0.3 is 5.97 Å². The summed E-state index contributed by atoms with van der Waals surface area (Å²) in [4.78, 5) is 27.7. The first kappa shape index (κ1) is 15.0. The summed E-state index contributed by atoms with van der Waals surface area (Å²) in [5.74, 6) is -1.06. The first-order valence-electron chi connectivity index (χ1n) is 8.00. The van der Waals surface area contributed by atoms with Crippen LogP contribution < -0.4 is 0 Å². The third kappa shape index (κ3) is 3.14. The van der Waals surface area contributed by atoms with Crippen molar-refractivity contribution in [2.24, 2.45) is 0 Å². The maximum atomic E-state index is 12.6. The van der Waals surface area contributed by atoms with Crippen LogP contribution in [0, 0.1) is 0 Å². The Kier molecular flexibility index (Phi) is 4.43. The van der Waals surface area contributed by atoms with Gasteiger partial charge in [0.15, 0.2) is 0 Å². The number of hydrogen-bond donors (Lipinski definition) is 1. The van der Waals surface area contributed by atoms with Gasteiger partial charge in [0.1, 0.15) is 6.04 Å². The van der Waals surface area contributed by atoms with E-state index in [4.69, 9.17) is 0 Å². The van der Waals surface area contributed by atoms with E-state index in [0.29, 0.717) is 18.5 Å². The zero-order valence-electron chi connectivity index (χ0n) is 12.7. The van der Waals surface area contributed by atoms with Crippen molar-refractivity contribution in [1.82, 2.24) is 9.80 Å². The van der Waals surface area contributed by atoms with E-state index in [2.05, 4.69) is 4.90 Å². The molecule has 0 aromatic heterocycles. The number of carbonyl (C=O) groups is 2. The molecule has 0 spiro atoms. The smallest absolute Gasteiger partial charge is 0.326 e. The molecule has 118 valence electrons. The second kappa shape index (κ2) is 6.48. The van der Waals surface area contributed by atoms with Crippen LogP contribution in [0.15, 0.2) is 24.3 Å². The van der Waals surface area contributed by atoms with Crippen molar-refractivity contribution in [3.63, 3.8) is 0 Å². The van der Waals surface area contributed by atoms with E-state index in [-0.39, 0.29) is 5.91 Å². The molecule has 1 atom stereocenters. The normalized spacial score (nSPS) is 22.2. The van der Waals surface area contributed by atoms with Gasteiger partial charge in [-0.2, -0.15) is 0 Å². The fraction of sp³-hybridized carbons (Fsp3) is 0.529. The van der Waals surface area contributed by atoms with E-state index in [1.807, 2.05) is 18.2 Å². The summed E-state index contributed by atoms with van der Waals surface area (Å²) in [6.45, 7) is 3.63. The Morgan fingerprint density at radius 1 is 1.14 bits per heavy atom. The highest BCUT2D eigenvalue weighted by Gasteiger charge is 2.34. The molecule has 2 aliphatic rings. The standard InChI is InChI=1S/C17H22N2O3/c20-16(19-10-4-7-15(19)17(21)22)14-6-3-5-13(11-14)12-18-8-1-2-9-18/h3,5-6,11,15H,1-2,4,7-10,12H2,(H,21,22). The first-order chi connectivity index (χ1) is 10.6. The Bertz CT molecular complexity index is 567. The number of aliphatic carboxylic acids is 1. The van der Waals surface area contributed by atoms with Gasteiger partial charge in [0, 0.05) is 18.7 Å². The van der Waals surface area contributed by atoms with Crippen LogP contribution in [0.25, 0.3) is 0 Å². The summed E-state index contributed by atoms with van der Waals surface area (Å²) in [6.07, 6.45) is 3.80. The van der Waals surface area contributed by atoms with Crippen molar-refractivity contribution in [1.29, 1.82) is 0 Å². The van der Waals surface area contributed by atoms with Crippen molar-refractivity contribution in [3.05, 3.63) is 35.4 Å². The highest BCUT2D eigenvalue weighted by molar-refractivity contribution is 5.97. The van der Waals surface area contributed by atoms with E-state index >= 15 is 0 Å². The molecule has 5 heteroatoms. The topological polar surface area (TPSA) is 60.9 Å². The van der Waals surface area contributed by atoms with Gasteiger partial charge in [-0.1, -0.05) is 12.1 Å². The van der Waals surface area contributed by atoms with Gasteiger partial charge in [0.05, 0.1) is 0 Å². The summed E-state index contributed by atoms with van der Waals surface area (Å²) < 4.78 is 0. The molecule has 1 N–H and O–H groups in total. The number of hydrogen-bond acceptors (Lipinski definition) is 3. The number of benzene rings is 1. The van der Waals surface area contributed by atoms with Crippen molar-refractivity contribution < 1.29 is 14.7 Å². The SMILES string of the molecule is O=C(O)C1CCCN1C(=O)c1cccc(CN2CCCC2)c1. The lowest BCUT2D eigenvalue weighted by molar-refractivity contribution is -0.141. The summed E-state index contributed by atoms with van der Waals surface area (Å²) >= 11 is 0. The fourth-order valence-corrected chi connectivity index (χ4v) is 3.43. The number of carbonyl (C=O) groups excluding carboxylic acids is 1. The summed E-state index contributed by atoms with van der Waals surface area (Å²) in [5.41, 5.74) is 1.73. The number of amides is 1. The van der Waals surface area contributed by atoms with Crippen molar-refractivity contribution in [2.45, 2.75) is 38.3 Å². The molecule has 0 saturated carbocycles. The number of rotatable bonds is 4. The molecule has 2 fully saturated rings. The third-order valence-corrected chi connectivity index (χ3v) is 4.58. The minimum Gasteiger partial charge on any atom is -0.480 e. The zero-order chi connectivity index (χ0) is 15.5. The largest absolute Gasteiger partial charge is 0.480 e. The highest BCUT2D eigenvalue weighted by atomic mass is 16.4. The van der Waals surface area contributed by atoms with Gasteiger partial charge < -0.3 is 10.0 Å². The van der Waals surface area contributed by atoms with Crippen molar-refractivity contribution in [2.75, 3.05) is 19.6 Å². The van der Waals surface area contributed by atoms with E-state index in [1.165, 1.54) is 17.7 Å². The van der Waals surface area contributed by atoms with Gasteiger partial charge in [-0.25, -0.2) is 4.79 Å². The van der Waals surface area contributed by atoms with Crippen LogP contribution in [0.1, 0.15) is 41.6 Å². The Hall–Kier alpha value is -1.88. The van der Waals surface area contributed by atoms with Gasteiger partial charge in [0.2, 0.25) is 0 Å². The van der Waals surface area contributed by atoms with Crippen LogP contribution in [-0.2, 0) is 11.3 Å². The zero-order valence-corrected chi connectivity index (χ0v) is 12.7. The number of nitrogens with zero attached hydrogens (tertiary/aromatic N) is 2. The van der Waals surface area contributed by atoms with E-state index < -0.39 is 12.0 Å². The molecule has 2 aliphatic heterocycles.